The first-order chi connectivity index (χ1) is 8.65. The number of hydrogen-bond acceptors (Lipinski definition) is 4. The SMILES string of the molecule is S=c1cc[nH]c(=S)[nH]1.SCc1ccc(CS)cc1. The van der Waals surface area contributed by atoms with E-state index in [0.717, 1.165) is 11.5 Å². The molecule has 0 amide bonds. The quantitative estimate of drug-likeness (QED) is 0.491. The van der Waals surface area contributed by atoms with Crippen LogP contribution in [-0.4, -0.2) is 9.97 Å². The molecule has 0 saturated heterocycles. The summed E-state index contributed by atoms with van der Waals surface area (Å²) in [4.78, 5) is 5.51. The summed E-state index contributed by atoms with van der Waals surface area (Å²) >= 11 is 17.8. The standard InChI is InChI=1S/C8H10S2.C4H4N2S2/c9-5-7-1-2-8(6-10)4-3-7;7-3-1-2-5-4(8)6-3/h1-4,9-10H,5-6H2;1-2H,(H2,5,6,7,8). The molecule has 1 aromatic heterocycles. The van der Waals surface area contributed by atoms with Gasteiger partial charge >= 0.3 is 0 Å². The fraction of sp³-hybridized carbons (Fsp3) is 0.167. The Bertz CT molecular complexity index is 523. The number of rotatable bonds is 2. The lowest BCUT2D eigenvalue weighted by atomic mass is 10.2. The van der Waals surface area contributed by atoms with Crippen LogP contribution >= 0.6 is 49.7 Å². The summed E-state index contributed by atoms with van der Waals surface area (Å²) in [6.07, 6.45) is 1.71. The zero-order chi connectivity index (χ0) is 13.4. The molecule has 1 aromatic carbocycles. The minimum Gasteiger partial charge on any atom is -0.339 e. The third-order valence-electron chi connectivity index (χ3n) is 2.07. The maximum atomic E-state index is 4.76. The second kappa shape index (κ2) is 8.53. The van der Waals surface area contributed by atoms with Crippen LogP contribution in [0.2, 0.25) is 0 Å². The predicted molar refractivity (Wildman–Crippen MR) is 88.6 cm³/mol. The zero-order valence-electron chi connectivity index (χ0n) is 9.59. The van der Waals surface area contributed by atoms with Gasteiger partial charge in [-0.1, -0.05) is 36.5 Å². The summed E-state index contributed by atoms with van der Waals surface area (Å²) in [7, 11) is 0. The predicted octanol–water partition coefficient (Wildman–Crippen LogP) is 4.35. The molecule has 2 aromatic rings. The van der Waals surface area contributed by atoms with Gasteiger partial charge in [-0.2, -0.15) is 25.3 Å². The number of thiol groups is 2. The molecule has 2 nitrogen and oxygen atoms in total. The van der Waals surface area contributed by atoms with Gasteiger partial charge in [0.1, 0.15) is 4.64 Å². The molecule has 0 spiro atoms. The van der Waals surface area contributed by atoms with Crippen LogP contribution in [0.15, 0.2) is 36.5 Å². The molecule has 0 aliphatic rings. The van der Waals surface area contributed by atoms with Crippen molar-refractivity contribution in [3.63, 3.8) is 0 Å². The smallest absolute Gasteiger partial charge is 0.175 e. The lowest BCUT2D eigenvalue weighted by Crippen LogP contribution is -1.79. The molecule has 18 heavy (non-hydrogen) atoms. The van der Waals surface area contributed by atoms with E-state index in [9.17, 15) is 0 Å². The second-order valence-electron chi connectivity index (χ2n) is 3.43. The Labute approximate surface area is 128 Å². The van der Waals surface area contributed by atoms with E-state index in [1.54, 1.807) is 12.3 Å². The number of benzene rings is 1. The van der Waals surface area contributed by atoms with Gasteiger partial charge in [0.05, 0.1) is 0 Å². The molecule has 96 valence electrons. The highest BCUT2D eigenvalue weighted by Crippen LogP contribution is 2.07. The highest BCUT2D eigenvalue weighted by Gasteiger charge is 1.89. The van der Waals surface area contributed by atoms with Crippen molar-refractivity contribution < 1.29 is 0 Å². The Morgan fingerprint density at radius 1 is 0.889 bits per heavy atom. The average Bonchev–Trinajstić information content (AvgIpc) is 2.39. The Morgan fingerprint density at radius 2 is 1.39 bits per heavy atom. The fourth-order valence-electron chi connectivity index (χ4n) is 1.13. The minimum absolute atomic E-state index is 0.567. The zero-order valence-corrected chi connectivity index (χ0v) is 13.0. The molecule has 0 aliphatic carbocycles. The van der Waals surface area contributed by atoms with Gasteiger partial charge in [-0.25, -0.2) is 0 Å². The summed E-state index contributed by atoms with van der Waals surface area (Å²) < 4.78 is 1.23. The van der Waals surface area contributed by atoms with Gasteiger partial charge in [0.15, 0.2) is 4.77 Å². The first kappa shape index (κ1) is 15.5. The van der Waals surface area contributed by atoms with Gasteiger partial charge in [0.2, 0.25) is 0 Å². The van der Waals surface area contributed by atoms with Gasteiger partial charge in [-0.05, 0) is 29.4 Å². The highest BCUT2D eigenvalue weighted by molar-refractivity contribution is 7.79. The molecular formula is C12H14N2S4. The summed E-state index contributed by atoms with van der Waals surface area (Å²) in [6, 6.07) is 10.1. The van der Waals surface area contributed by atoms with Crippen molar-refractivity contribution in [1.82, 2.24) is 9.97 Å². The molecular weight excluding hydrogens is 300 g/mol. The van der Waals surface area contributed by atoms with Gasteiger partial charge in [0.25, 0.3) is 0 Å². The van der Waals surface area contributed by atoms with Gasteiger partial charge in [0, 0.05) is 17.7 Å². The van der Waals surface area contributed by atoms with E-state index in [-0.39, 0.29) is 0 Å². The molecule has 0 fully saturated rings. The summed E-state index contributed by atoms with van der Waals surface area (Å²) in [5, 5.41) is 0. The Hall–Kier alpha value is -0.560. The van der Waals surface area contributed by atoms with Gasteiger partial charge in [-0.15, -0.1) is 0 Å². The van der Waals surface area contributed by atoms with E-state index in [2.05, 4.69) is 59.5 Å². The van der Waals surface area contributed by atoms with Crippen LogP contribution in [0.1, 0.15) is 11.1 Å². The van der Waals surface area contributed by atoms with E-state index < -0.39 is 0 Å². The van der Waals surface area contributed by atoms with Crippen LogP contribution in [0.3, 0.4) is 0 Å². The molecule has 0 aliphatic heterocycles. The molecule has 2 N–H and O–H groups in total. The van der Waals surface area contributed by atoms with Crippen LogP contribution < -0.4 is 0 Å². The molecule has 1 heterocycles. The topological polar surface area (TPSA) is 31.6 Å². The van der Waals surface area contributed by atoms with Crippen LogP contribution in [0, 0.1) is 9.41 Å². The summed E-state index contributed by atoms with van der Waals surface area (Å²) in [6.45, 7) is 0. The highest BCUT2D eigenvalue weighted by atomic mass is 32.1. The van der Waals surface area contributed by atoms with Crippen molar-refractivity contribution in [1.29, 1.82) is 0 Å². The fourth-order valence-corrected chi connectivity index (χ4v) is 1.97. The first-order valence-corrected chi connectivity index (χ1v) is 7.31. The van der Waals surface area contributed by atoms with E-state index in [1.807, 2.05) is 0 Å². The molecule has 0 atom stereocenters. The number of hydrogen-bond donors (Lipinski definition) is 4. The van der Waals surface area contributed by atoms with Gasteiger partial charge < -0.3 is 9.97 Å². The average molecular weight is 315 g/mol. The number of aromatic amines is 2. The Kier molecular flexibility index (Phi) is 7.34. The Morgan fingerprint density at radius 3 is 1.67 bits per heavy atom. The van der Waals surface area contributed by atoms with Gasteiger partial charge in [-0.3, -0.25) is 0 Å². The summed E-state index contributed by atoms with van der Waals surface area (Å²) in [5.41, 5.74) is 2.52. The first-order valence-electron chi connectivity index (χ1n) is 5.23. The lowest BCUT2D eigenvalue weighted by molar-refractivity contribution is 1.12. The number of nitrogens with one attached hydrogen (secondary N) is 2. The van der Waals surface area contributed by atoms with Crippen LogP contribution in [0.5, 0.6) is 0 Å². The molecule has 0 bridgehead atoms. The van der Waals surface area contributed by atoms with Crippen LogP contribution in [0.25, 0.3) is 0 Å². The molecule has 6 heteroatoms. The number of H-pyrrole nitrogens is 2. The maximum Gasteiger partial charge on any atom is 0.175 e. The second-order valence-corrected chi connectivity index (χ2v) is 4.91. The van der Waals surface area contributed by atoms with Crippen molar-refractivity contribution in [3.05, 3.63) is 57.1 Å². The minimum atomic E-state index is 0.567. The molecule has 0 saturated carbocycles. The van der Waals surface area contributed by atoms with Crippen molar-refractivity contribution in [2.75, 3.05) is 0 Å². The van der Waals surface area contributed by atoms with E-state index in [0.29, 0.717) is 9.41 Å². The lowest BCUT2D eigenvalue weighted by Gasteiger charge is -1.96. The van der Waals surface area contributed by atoms with Crippen molar-refractivity contribution in [3.8, 4) is 0 Å². The summed E-state index contributed by atoms with van der Waals surface area (Å²) in [5.74, 6) is 1.62. The van der Waals surface area contributed by atoms with Crippen LogP contribution in [0.4, 0.5) is 0 Å². The van der Waals surface area contributed by atoms with Crippen molar-refractivity contribution >= 4 is 49.7 Å². The third kappa shape index (κ3) is 5.86. The monoisotopic (exact) mass is 314 g/mol. The van der Waals surface area contributed by atoms with Crippen molar-refractivity contribution in [2.24, 2.45) is 0 Å². The number of aromatic nitrogens is 2. The molecule has 2 rings (SSSR count). The largest absolute Gasteiger partial charge is 0.339 e. The van der Waals surface area contributed by atoms with Crippen LogP contribution in [-0.2, 0) is 11.5 Å². The third-order valence-corrected chi connectivity index (χ3v) is 3.26. The normalized spacial score (nSPS) is 9.44. The van der Waals surface area contributed by atoms with E-state index in [1.165, 1.54) is 11.1 Å². The van der Waals surface area contributed by atoms with Crippen molar-refractivity contribution in [2.45, 2.75) is 11.5 Å². The maximum absolute atomic E-state index is 4.76. The molecule has 0 radical (unpaired) electrons. The van der Waals surface area contributed by atoms with E-state index >= 15 is 0 Å². The Balaban J connectivity index is 0.000000184. The molecule has 0 unspecified atom stereocenters. The van der Waals surface area contributed by atoms with E-state index in [4.69, 9.17) is 24.4 Å².